The molecule has 226 valence electrons. The van der Waals surface area contributed by atoms with Gasteiger partial charge < -0.3 is 4.74 Å². The molecule has 2 nitrogen and oxygen atoms in total. The molecule has 0 aromatic heterocycles. The van der Waals surface area contributed by atoms with Crippen molar-refractivity contribution in [3.63, 3.8) is 0 Å². The average Bonchev–Trinajstić information content (AvgIpc) is 2.95. The second-order valence-electron chi connectivity index (χ2n) is 12.1. The van der Waals surface area contributed by atoms with Gasteiger partial charge in [0, 0.05) is 0 Å². The van der Waals surface area contributed by atoms with E-state index in [4.69, 9.17) is 4.74 Å². The maximum atomic E-state index is 13.0. The van der Waals surface area contributed by atoms with Crippen LogP contribution < -0.4 is 4.74 Å². The molecule has 0 bridgehead atoms. The maximum absolute atomic E-state index is 13.0. The van der Waals surface area contributed by atoms with Crippen molar-refractivity contribution in [2.75, 3.05) is 0 Å². The summed E-state index contributed by atoms with van der Waals surface area (Å²) >= 11 is 0. The normalized spacial score (nSPS) is 12.1. The van der Waals surface area contributed by atoms with E-state index in [1.807, 2.05) is 30.3 Å². The fourth-order valence-electron chi connectivity index (χ4n) is 5.71. The summed E-state index contributed by atoms with van der Waals surface area (Å²) in [7, 11) is 0. The number of ether oxygens (including phenoxy) is 1. The average molecular weight is 543 g/mol. The zero-order valence-electron chi connectivity index (χ0n) is 26.4. The number of carbonyl (C=O) groups is 1. The predicted molar refractivity (Wildman–Crippen MR) is 172 cm³/mol. The van der Waals surface area contributed by atoms with Crippen molar-refractivity contribution < 1.29 is 9.53 Å². The fraction of sp³-hybridized carbons (Fsp3) is 0.811. The van der Waals surface area contributed by atoms with Gasteiger partial charge in [-0.1, -0.05) is 193 Å². The topological polar surface area (TPSA) is 26.3 Å². The first-order valence-corrected chi connectivity index (χ1v) is 17.5. The number of hydrogen-bond acceptors (Lipinski definition) is 2. The summed E-state index contributed by atoms with van der Waals surface area (Å²) < 4.78 is 5.76. The number of hydrogen-bond donors (Lipinski definition) is 0. The number of para-hydroxylation sites is 1. The largest absolute Gasteiger partial charge is 0.426 e. The van der Waals surface area contributed by atoms with E-state index in [2.05, 4.69) is 13.8 Å². The number of carbonyl (C=O) groups excluding carboxylic acids is 1. The first-order valence-electron chi connectivity index (χ1n) is 17.5. The Labute approximate surface area is 244 Å². The van der Waals surface area contributed by atoms with Crippen LogP contribution in [0.1, 0.15) is 187 Å². The smallest absolute Gasteiger partial charge is 0.314 e. The monoisotopic (exact) mass is 543 g/mol. The molecule has 0 aliphatic carbocycles. The lowest BCUT2D eigenvalue weighted by molar-refractivity contribution is -0.139. The third-order valence-corrected chi connectivity index (χ3v) is 8.36. The minimum atomic E-state index is -0.0111. The molecule has 1 aromatic carbocycles. The second kappa shape index (κ2) is 28.2. The van der Waals surface area contributed by atoms with Crippen LogP contribution in [0.25, 0.3) is 0 Å². The zero-order chi connectivity index (χ0) is 28.1. The molecule has 39 heavy (non-hydrogen) atoms. The van der Waals surface area contributed by atoms with Gasteiger partial charge in [0.15, 0.2) is 0 Å². The van der Waals surface area contributed by atoms with Gasteiger partial charge in [-0.2, -0.15) is 0 Å². The molecule has 1 unspecified atom stereocenters. The molecule has 0 fully saturated rings. The molecule has 0 saturated carbocycles. The van der Waals surface area contributed by atoms with E-state index in [1.54, 1.807) is 0 Å². The highest BCUT2D eigenvalue weighted by molar-refractivity contribution is 5.75. The molecule has 1 aromatic rings. The quantitative estimate of drug-likeness (QED) is 0.0571. The summed E-state index contributed by atoms with van der Waals surface area (Å²) in [5.41, 5.74) is 0. The number of unbranched alkanes of at least 4 members (excludes halogenated alkanes) is 23. The van der Waals surface area contributed by atoms with Gasteiger partial charge >= 0.3 is 5.97 Å². The molecule has 0 radical (unpaired) electrons. The highest BCUT2D eigenvalue weighted by Crippen LogP contribution is 2.23. The molecule has 0 heterocycles. The number of esters is 1. The lowest BCUT2D eigenvalue weighted by atomic mass is 9.94. The van der Waals surface area contributed by atoms with Gasteiger partial charge in [-0.05, 0) is 25.0 Å². The Morgan fingerprint density at radius 3 is 1.13 bits per heavy atom. The molecule has 2 heteroatoms. The van der Waals surface area contributed by atoms with Crippen molar-refractivity contribution in [1.82, 2.24) is 0 Å². The first kappa shape index (κ1) is 35.7. The van der Waals surface area contributed by atoms with Gasteiger partial charge in [-0.15, -0.1) is 0 Å². The summed E-state index contributed by atoms with van der Waals surface area (Å²) in [5, 5.41) is 0. The van der Waals surface area contributed by atoms with Crippen LogP contribution in [0, 0.1) is 5.92 Å². The number of benzene rings is 1. The standard InChI is InChI=1S/C37H66O2/c1-3-5-7-9-11-13-15-16-17-19-21-23-25-28-32-35(37(38)39-36-33-29-26-30-34-36)31-27-24-22-20-18-14-12-10-8-6-4-2/h26,29-30,33-35H,3-25,27-28,31-32H2,1-2H3. The Bertz CT molecular complexity index is 626. The summed E-state index contributed by atoms with van der Waals surface area (Å²) in [4.78, 5) is 13.0. The Balaban J connectivity index is 2.14. The Morgan fingerprint density at radius 2 is 0.795 bits per heavy atom. The number of rotatable bonds is 29. The van der Waals surface area contributed by atoms with Crippen molar-refractivity contribution in [2.45, 2.75) is 187 Å². The Kier molecular flexibility index (Phi) is 25.9. The maximum Gasteiger partial charge on any atom is 0.314 e. The third-order valence-electron chi connectivity index (χ3n) is 8.36. The van der Waals surface area contributed by atoms with Gasteiger partial charge in [0.25, 0.3) is 0 Å². The van der Waals surface area contributed by atoms with Crippen molar-refractivity contribution in [3.05, 3.63) is 30.3 Å². The summed E-state index contributed by atoms with van der Waals surface area (Å²) in [6, 6.07) is 9.63. The lowest BCUT2D eigenvalue weighted by Gasteiger charge is -2.16. The van der Waals surface area contributed by atoms with Crippen LogP contribution in [0.15, 0.2) is 30.3 Å². The van der Waals surface area contributed by atoms with Crippen LogP contribution in [0.2, 0.25) is 0 Å². The van der Waals surface area contributed by atoms with Crippen molar-refractivity contribution in [2.24, 2.45) is 5.92 Å². The molecule has 1 atom stereocenters. The van der Waals surface area contributed by atoms with E-state index < -0.39 is 0 Å². The SMILES string of the molecule is CCCCCCCCCCCCCCCCC(CCCCCCCCCCCCC)C(=O)Oc1ccccc1. The summed E-state index contributed by atoms with van der Waals surface area (Å²) in [6.07, 6.45) is 36.0. The molecule has 1 rings (SSSR count). The molecular formula is C37H66O2. The van der Waals surface area contributed by atoms with Crippen molar-refractivity contribution in [1.29, 1.82) is 0 Å². The van der Waals surface area contributed by atoms with Crippen LogP contribution in [-0.4, -0.2) is 5.97 Å². The minimum Gasteiger partial charge on any atom is -0.426 e. The van der Waals surface area contributed by atoms with Crippen LogP contribution >= 0.6 is 0 Å². The van der Waals surface area contributed by atoms with Gasteiger partial charge in [0.1, 0.15) is 5.75 Å². The molecule has 0 N–H and O–H groups in total. The Hall–Kier alpha value is -1.31. The molecular weight excluding hydrogens is 476 g/mol. The fourth-order valence-corrected chi connectivity index (χ4v) is 5.71. The molecule has 0 amide bonds. The van der Waals surface area contributed by atoms with Gasteiger partial charge in [0.05, 0.1) is 5.92 Å². The van der Waals surface area contributed by atoms with E-state index in [0.717, 1.165) is 25.7 Å². The van der Waals surface area contributed by atoms with E-state index in [9.17, 15) is 4.79 Å². The van der Waals surface area contributed by atoms with Crippen molar-refractivity contribution >= 4 is 5.97 Å². The highest BCUT2D eigenvalue weighted by atomic mass is 16.5. The molecule has 0 aliphatic rings. The summed E-state index contributed by atoms with van der Waals surface area (Å²) in [6.45, 7) is 4.57. The van der Waals surface area contributed by atoms with E-state index in [-0.39, 0.29) is 11.9 Å². The molecule has 0 spiro atoms. The van der Waals surface area contributed by atoms with Crippen LogP contribution in [0.5, 0.6) is 5.75 Å². The lowest BCUT2D eigenvalue weighted by Crippen LogP contribution is -2.20. The molecule has 0 aliphatic heterocycles. The zero-order valence-corrected chi connectivity index (χ0v) is 26.4. The van der Waals surface area contributed by atoms with Crippen LogP contribution in [0.3, 0.4) is 0 Å². The summed E-state index contributed by atoms with van der Waals surface area (Å²) in [5.74, 6) is 0.733. The van der Waals surface area contributed by atoms with E-state index >= 15 is 0 Å². The second-order valence-corrected chi connectivity index (χ2v) is 12.1. The first-order chi connectivity index (χ1) is 19.3. The van der Waals surface area contributed by atoms with E-state index in [1.165, 1.54) is 148 Å². The highest BCUT2D eigenvalue weighted by Gasteiger charge is 2.20. The third kappa shape index (κ3) is 23.1. The van der Waals surface area contributed by atoms with Gasteiger partial charge in [0.2, 0.25) is 0 Å². The van der Waals surface area contributed by atoms with Crippen LogP contribution in [0.4, 0.5) is 0 Å². The van der Waals surface area contributed by atoms with Gasteiger partial charge in [-0.3, -0.25) is 4.79 Å². The predicted octanol–water partition coefficient (Wildman–Crippen LogP) is 12.8. The Morgan fingerprint density at radius 1 is 0.487 bits per heavy atom. The van der Waals surface area contributed by atoms with Crippen molar-refractivity contribution in [3.8, 4) is 5.75 Å². The minimum absolute atomic E-state index is 0.0111. The van der Waals surface area contributed by atoms with Gasteiger partial charge in [-0.25, -0.2) is 0 Å². The van der Waals surface area contributed by atoms with Crippen LogP contribution in [-0.2, 0) is 4.79 Å². The molecule has 0 saturated heterocycles. The van der Waals surface area contributed by atoms with E-state index in [0.29, 0.717) is 5.75 Å².